The summed E-state index contributed by atoms with van der Waals surface area (Å²) in [5.41, 5.74) is 8.62. The summed E-state index contributed by atoms with van der Waals surface area (Å²) in [6.07, 6.45) is 3.90. The van der Waals surface area contributed by atoms with Crippen LogP contribution in [0.3, 0.4) is 0 Å². The molecule has 0 saturated carbocycles. The molecule has 10 nitrogen and oxygen atoms in total. The Morgan fingerprint density at radius 2 is 0.671 bits per heavy atom. The number of carbonyl (C=O) groups is 3. The van der Waals surface area contributed by atoms with Gasteiger partial charge >= 0.3 is 5.97 Å². The summed E-state index contributed by atoms with van der Waals surface area (Å²) in [4.78, 5) is 39.9. The number of hydrogen-bond acceptors (Lipinski definition) is 9. The van der Waals surface area contributed by atoms with Crippen molar-refractivity contribution in [2.45, 2.75) is 44.4 Å². The molecule has 0 aliphatic carbocycles. The monoisotopic (exact) mass is 1180 g/mol. The van der Waals surface area contributed by atoms with Gasteiger partial charge < -0.3 is 33.9 Å². The first kappa shape index (κ1) is 62.5. The zero-order valence-corrected chi connectivity index (χ0v) is 49.4. The molecule has 0 amide bonds. The van der Waals surface area contributed by atoms with E-state index in [1.807, 2.05) is 116 Å². The van der Waals surface area contributed by atoms with Gasteiger partial charge in [-0.15, -0.1) is 0 Å². The standard InChI is InChI=1S/C34H33Cl2NO5.C34H35Cl2NO3/c1-37(21-33(25-6-12-28(35)13-7-25)26-8-14-29(36)15-9-26)20-2-3-24-4-16-31(17-5-24)41-22-30(38)23-42-32-18-10-27(11-19-32)34(39)40;1-25-5-17-32(18-6-25)39-23-31(38)24-40-33-19-7-26(8-20-33)4-3-21-37(2)22-34(27-9-13-29(35)14-10-27)28-11-15-30(36)16-12-28/h4-19,33H,2-3,20-23H2,1H3,(H,39,40);5-20,34H,3-4,21-24H2,1-2H3. The molecule has 0 bridgehead atoms. The Morgan fingerprint density at radius 1 is 0.402 bits per heavy atom. The number of aryl methyl sites for hydroxylation is 3. The average molecular weight is 1180 g/mol. The van der Waals surface area contributed by atoms with Crippen LogP contribution in [0.2, 0.25) is 20.1 Å². The number of rotatable bonds is 29. The van der Waals surface area contributed by atoms with E-state index in [4.69, 9.17) is 70.5 Å². The molecule has 0 saturated heterocycles. The number of ether oxygens (including phenoxy) is 4. The fourth-order valence-corrected chi connectivity index (χ4v) is 9.57. The van der Waals surface area contributed by atoms with Crippen LogP contribution >= 0.6 is 46.4 Å². The third-order valence-electron chi connectivity index (χ3n) is 13.7. The molecule has 0 fully saturated rings. The summed E-state index contributed by atoms with van der Waals surface area (Å²) in [5, 5.41) is 11.9. The minimum atomic E-state index is -1.02. The van der Waals surface area contributed by atoms with Crippen molar-refractivity contribution in [3.63, 3.8) is 0 Å². The van der Waals surface area contributed by atoms with Gasteiger partial charge in [0.15, 0.2) is 0 Å². The minimum Gasteiger partial charge on any atom is -0.486 e. The molecule has 0 aromatic heterocycles. The topological polar surface area (TPSA) is 115 Å². The first-order valence-corrected chi connectivity index (χ1v) is 28.6. The SMILES string of the molecule is CN(CCCc1ccc(OCC(=O)COc2ccc(C(=O)O)cc2)cc1)CC(c1ccc(Cl)cc1)c1ccc(Cl)cc1.Cc1ccc(OCC(=O)COc2ccc(CCCN(C)CC(c3ccc(Cl)cc3)c3ccc(Cl)cc3)cc2)cc1. The van der Waals surface area contributed by atoms with Crippen molar-refractivity contribution in [3.05, 3.63) is 259 Å². The van der Waals surface area contributed by atoms with Gasteiger partial charge in [0.2, 0.25) is 11.6 Å². The van der Waals surface area contributed by atoms with Crippen molar-refractivity contribution in [2.75, 3.05) is 66.7 Å². The van der Waals surface area contributed by atoms with Gasteiger partial charge in [0.05, 0.1) is 5.56 Å². The normalized spacial score (nSPS) is 11.1. The lowest BCUT2D eigenvalue weighted by atomic mass is 9.91. The molecule has 14 heteroatoms. The molecule has 0 heterocycles. The Labute approximate surface area is 502 Å². The average Bonchev–Trinajstić information content (AvgIpc) is 3.63. The zero-order chi connectivity index (χ0) is 58.2. The predicted molar refractivity (Wildman–Crippen MR) is 331 cm³/mol. The number of aromatic carboxylic acids is 1. The van der Waals surface area contributed by atoms with Crippen LogP contribution < -0.4 is 18.9 Å². The maximum atomic E-state index is 12.2. The summed E-state index contributed by atoms with van der Waals surface area (Å²) in [6, 6.07) is 61.5. The third-order valence-corrected chi connectivity index (χ3v) is 14.7. The zero-order valence-electron chi connectivity index (χ0n) is 46.3. The molecule has 82 heavy (non-hydrogen) atoms. The lowest BCUT2D eigenvalue weighted by molar-refractivity contribution is -0.123. The fraction of sp³-hybridized carbons (Fsp3) is 0.250. The molecule has 0 aliphatic heterocycles. The van der Waals surface area contributed by atoms with Crippen LogP contribution in [-0.2, 0) is 22.4 Å². The molecule has 1 N–H and O–H groups in total. The van der Waals surface area contributed by atoms with E-state index in [-0.39, 0.29) is 55.4 Å². The number of Topliss-reactive ketones (excluding diaryl/α,β-unsaturated/α-hetero) is 2. The number of ketones is 2. The van der Waals surface area contributed by atoms with Crippen molar-refractivity contribution in [1.82, 2.24) is 9.80 Å². The van der Waals surface area contributed by atoms with Gasteiger partial charge in [0.25, 0.3) is 0 Å². The highest BCUT2D eigenvalue weighted by atomic mass is 35.5. The van der Waals surface area contributed by atoms with Crippen molar-refractivity contribution < 1.29 is 38.4 Å². The summed E-state index contributed by atoms with van der Waals surface area (Å²) < 4.78 is 22.2. The number of carbonyl (C=O) groups excluding carboxylic acids is 2. The second kappa shape index (κ2) is 32.5. The van der Waals surface area contributed by atoms with E-state index < -0.39 is 5.97 Å². The number of likely N-dealkylation sites (N-methyl/N-ethyl adjacent to an activating group) is 2. The molecular formula is C68H68Cl4N2O8. The number of nitrogens with zero attached hydrogens (tertiary/aromatic N) is 2. The molecule has 0 spiro atoms. The molecule has 8 aromatic carbocycles. The summed E-state index contributed by atoms with van der Waals surface area (Å²) in [6.45, 7) is 5.36. The predicted octanol–water partition coefficient (Wildman–Crippen LogP) is 15.4. The maximum Gasteiger partial charge on any atom is 0.335 e. The quantitative estimate of drug-likeness (QED) is 0.0486. The molecule has 0 atom stereocenters. The van der Waals surface area contributed by atoms with Crippen molar-refractivity contribution >= 4 is 63.9 Å². The molecule has 8 aromatic rings. The van der Waals surface area contributed by atoms with E-state index in [1.54, 1.807) is 0 Å². The number of benzene rings is 8. The summed E-state index contributed by atoms with van der Waals surface area (Å²) >= 11 is 24.5. The molecule has 0 unspecified atom stereocenters. The fourth-order valence-electron chi connectivity index (χ4n) is 9.07. The van der Waals surface area contributed by atoms with Crippen molar-refractivity contribution in [2.24, 2.45) is 0 Å². The van der Waals surface area contributed by atoms with Gasteiger partial charge in [-0.1, -0.05) is 137 Å². The first-order valence-electron chi connectivity index (χ1n) is 27.1. The highest BCUT2D eigenvalue weighted by Crippen LogP contribution is 2.30. The molecule has 8 rings (SSSR count). The number of halogens is 4. The third kappa shape index (κ3) is 21.3. The van der Waals surface area contributed by atoms with Crippen LogP contribution in [-0.4, -0.2) is 99.1 Å². The van der Waals surface area contributed by atoms with Gasteiger partial charge in [-0.3, -0.25) is 9.59 Å². The van der Waals surface area contributed by atoms with E-state index in [9.17, 15) is 14.4 Å². The summed E-state index contributed by atoms with van der Waals surface area (Å²) in [7, 11) is 4.30. The number of hydrogen-bond donors (Lipinski definition) is 1. The summed E-state index contributed by atoms with van der Waals surface area (Å²) in [5.74, 6) is 1.48. The number of carboxylic acid groups (broad SMARTS) is 1. The first-order chi connectivity index (χ1) is 39.6. The van der Waals surface area contributed by atoms with E-state index in [0.717, 1.165) is 77.5 Å². The molecule has 426 valence electrons. The van der Waals surface area contributed by atoms with Gasteiger partial charge in [0, 0.05) is 45.0 Å². The highest BCUT2D eigenvalue weighted by molar-refractivity contribution is 6.31. The van der Waals surface area contributed by atoms with Crippen molar-refractivity contribution in [1.29, 1.82) is 0 Å². The Bertz CT molecular complexity index is 3130. The molecule has 0 aliphatic rings. The van der Waals surface area contributed by atoms with E-state index in [0.29, 0.717) is 23.0 Å². The van der Waals surface area contributed by atoms with E-state index >= 15 is 0 Å². The highest BCUT2D eigenvalue weighted by Gasteiger charge is 2.19. The smallest absolute Gasteiger partial charge is 0.335 e. The minimum absolute atomic E-state index is 0.00838. The number of carboxylic acids is 1. The Hall–Kier alpha value is -7.15. The molecular weight excluding hydrogens is 1110 g/mol. The van der Waals surface area contributed by atoms with Gasteiger partial charge in [-0.2, -0.15) is 0 Å². The lowest BCUT2D eigenvalue weighted by Crippen LogP contribution is -2.26. The van der Waals surface area contributed by atoms with E-state index in [1.165, 1.54) is 57.6 Å². The second-order valence-corrected chi connectivity index (χ2v) is 22.0. The van der Waals surface area contributed by atoms with Gasteiger partial charge in [0.1, 0.15) is 49.4 Å². The van der Waals surface area contributed by atoms with Gasteiger partial charge in [-0.05, 0) is 202 Å². The van der Waals surface area contributed by atoms with Crippen LogP contribution in [0.1, 0.15) is 74.0 Å². The van der Waals surface area contributed by atoms with Crippen molar-refractivity contribution in [3.8, 4) is 23.0 Å². The van der Waals surface area contributed by atoms with Crippen LogP contribution in [0, 0.1) is 6.92 Å². The van der Waals surface area contributed by atoms with E-state index in [2.05, 4.69) is 84.6 Å². The van der Waals surface area contributed by atoms with Crippen LogP contribution in [0.15, 0.2) is 194 Å². The Kier molecular flexibility index (Phi) is 24.7. The van der Waals surface area contributed by atoms with Gasteiger partial charge in [-0.25, -0.2) is 4.79 Å². The second-order valence-electron chi connectivity index (χ2n) is 20.2. The Morgan fingerprint density at radius 3 is 0.951 bits per heavy atom. The Balaban J connectivity index is 0.000000236. The lowest BCUT2D eigenvalue weighted by Gasteiger charge is -2.25. The van der Waals surface area contributed by atoms with Crippen LogP contribution in [0.25, 0.3) is 0 Å². The van der Waals surface area contributed by atoms with Crippen LogP contribution in [0.5, 0.6) is 23.0 Å². The largest absolute Gasteiger partial charge is 0.486 e. The molecule has 0 radical (unpaired) electrons. The van der Waals surface area contributed by atoms with Crippen LogP contribution in [0.4, 0.5) is 0 Å². The maximum absolute atomic E-state index is 12.2.